The van der Waals surface area contributed by atoms with Crippen molar-refractivity contribution in [1.29, 1.82) is 0 Å². The summed E-state index contributed by atoms with van der Waals surface area (Å²) in [5, 5.41) is 0. The van der Waals surface area contributed by atoms with Crippen molar-refractivity contribution in [2.45, 2.75) is 45.1 Å². The monoisotopic (exact) mass is 170 g/mol. The summed E-state index contributed by atoms with van der Waals surface area (Å²) < 4.78 is 10.9. The molecule has 1 fully saturated rings. The van der Waals surface area contributed by atoms with Gasteiger partial charge in [0.15, 0.2) is 0 Å². The summed E-state index contributed by atoms with van der Waals surface area (Å²) in [7, 11) is 0. The van der Waals surface area contributed by atoms with E-state index in [1.165, 1.54) is 0 Å². The first-order valence-corrected chi connectivity index (χ1v) is 4.39. The second-order valence-electron chi connectivity index (χ2n) is 3.23. The number of ether oxygens (including phenoxy) is 2. The fraction of sp³-hybridized carbons (Fsp3) is 0.889. The molecule has 0 aromatic carbocycles. The van der Waals surface area contributed by atoms with Crippen LogP contribution < -0.4 is 0 Å². The van der Waals surface area contributed by atoms with Crippen molar-refractivity contribution in [3.8, 4) is 6.57 Å². The summed E-state index contributed by atoms with van der Waals surface area (Å²) in [4.78, 5) is 3.52. The highest BCUT2D eigenvalue weighted by Gasteiger charge is 2.23. The van der Waals surface area contributed by atoms with Crippen molar-refractivity contribution in [2.75, 3.05) is 6.61 Å². The average molecular weight is 170 g/mol. The number of hydrogen-bond donors (Lipinski definition) is 0. The number of rotatable bonds is 2. The van der Waals surface area contributed by atoms with Gasteiger partial charge in [0.25, 0.3) is 6.57 Å². The third kappa shape index (κ3) is 2.80. The lowest BCUT2D eigenvalue weighted by Gasteiger charge is -2.25. The van der Waals surface area contributed by atoms with E-state index >= 15 is 0 Å². The minimum atomic E-state index is -0.216. The third-order valence-electron chi connectivity index (χ3n) is 2.06. The molecule has 1 aliphatic heterocycles. The van der Waals surface area contributed by atoms with Crippen molar-refractivity contribution in [3.63, 3.8) is 0 Å². The van der Waals surface area contributed by atoms with Crippen molar-refractivity contribution < 1.29 is 9.47 Å². The van der Waals surface area contributed by atoms with Crippen LogP contribution in [0.25, 0.3) is 4.85 Å². The first-order chi connectivity index (χ1) is 5.72. The van der Waals surface area contributed by atoms with Gasteiger partial charge in [-0.2, -0.15) is 0 Å². The van der Waals surface area contributed by atoms with Gasteiger partial charge in [-0.25, -0.2) is 0 Å². The van der Waals surface area contributed by atoms with Gasteiger partial charge >= 0.3 is 6.23 Å². The largest absolute Gasteiger partial charge is 0.376 e. The number of hydrogen-bond acceptors (Lipinski definition) is 2. The van der Waals surface area contributed by atoms with Crippen LogP contribution in [0, 0.1) is 6.57 Å². The topological polar surface area (TPSA) is 22.8 Å². The molecule has 68 valence electrons. The van der Waals surface area contributed by atoms with Crippen LogP contribution in [0.4, 0.5) is 0 Å². The molecule has 0 spiro atoms. The molecule has 1 rings (SSSR count). The standard InChI is InChI=1S/C9H16NO2/c1-7-4-5-9(6-11-7)12-8(2)10-3/h3,7-9H,4-6H2,1-2H3/q+1/t7-,8?,9?/m0/s1. The molecule has 0 aliphatic carbocycles. The Kier molecular flexibility index (Phi) is 3.51. The van der Waals surface area contributed by atoms with Crippen LogP contribution in [0.5, 0.6) is 0 Å². The van der Waals surface area contributed by atoms with Gasteiger partial charge < -0.3 is 9.47 Å². The summed E-state index contributed by atoms with van der Waals surface area (Å²) in [6, 6.07) is 0. The molecule has 0 amide bonds. The summed E-state index contributed by atoms with van der Waals surface area (Å²) in [6.07, 6.45) is 2.42. The van der Waals surface area contributed by atoms with Crippen molar-refractivity contribution in [1.82, 2.24) is 0 Å². The van der Waals surface area contributed by atoms with Crippen LogP contribution in [0.1, 0.15) is 26.7 Å². The van der Waals surface area contributed by atoms with E-state index < -0.39 is 0 Å². The fourth-order valence-electron chi connectivity index (χ4n) is 1.28. The molecular formula is C9H16NO2+. The highest BCUT2D eigenvalue weighted by molar-refractivity contribution is 4.73. The van der Waals surface area contributed by atoms with E-state index in [0.717, 1.165) is 12.8 Å². The Labute approximate surface area is 73.5 Å². The van der Waals surface area contributed by atoms with Crippen molar-refractivity contribution in [2.24, 2.45) is 0 Å². The van der Waals surface area contributed by atoms with Gasteiger partial charge in [0, 0.05) is 6.92 Å². The van der Waals surface area contributed by atoms with Gasteiger partial charge in [-0.1, -0.05) is 4.85 Å². The lowest BCUT2D eigenvalue weighted by Crippen LogP contribution is -2.31. The molecule has 0 aromatic rings. The molecule has 2 unspecified atom stereocenters. The maximum absolute atomic E-state index is 5.47. The molecule has 0 N–H and O–H groups in total. The summed E-state index contributed by atoms with van der Waals surface area (Å²) >= 11 is 0. The minimum Gasteiger partial charge on any atom is -0.376 e. The summed E-state index contributed by atoms with van der Waals surface area (Å²) in [5.74, 6) is 0. The van der Waals surface area contributed by atoms with E-state index in [1.54, 1.807) is 0 Å². The maximum Gasteiger partial charge on any atom is 0.373 e. The molecule has 3 nitrogen and oxygen atoms in total. The summed E-state index contributed by atoms with van der Waals surface area (Å²) in [6.45, 7) is 9.65. The second-order valence-corrected chi connectivity index (χ2v) is 3.23. The fourth-order valence-corrected chi connectivity index (χ4v) is 1.28. The Morgan fingerprint density at radius 3 is 2.83 bits per heavy atom. The highest BCUT2D eigenvalue weighted by atomic mass is 16.5. The van der Waals surface area contributed by atoms with E-state index in [-0.39, 0.29) is 12.3 Å². The molecule has 1 aliphatic rings. The predicted octanol–water partition coefficient (Wildman–Crippen LogP) is 1.88. The zero-order valence-corrected chi connectivity index (χ0v) is 7.69. The highest BCUT2D eigenvalue weighted by Crippen LogP contribution is 2.16. The Morgan fingerprint density at radius 2 is 2.33 bits per heavy atom. The lowest BCUT2D eigenvalue weighted by molar-refractivity contribution is -0.0917. The van der Waals surface area contributed by atoms with Gasteiger partial charge in [0.2, 0.25) is 0 Å². The zero-order chi connectivity index (χ0) is 8.97. The first-order valence-electron chi connectivity index (χ1n) is 4.39. The molecule has 1 heterocycles. The maximum atomic E-state index is 5.47. The van der Waals surface area contributed by atoms with Crippen LogP contribution in [0.15, 0.2) is 0 Å². The van der Waals surface area contributed by atoms with Gasteiger partial charge in [0.1, 0.15) is 0 Å². The third-order valence-corrected chi connectivity index (χ3v) is 2.06. The predicted molar refractivity (Wildman–Crippen MR) is 47.3 cm³/mol. The van der Waals surface area contributed by atoms with Crippen molar-refractivity contribution >= 4 is 0 Å². The van der Waals surface area contributed by atoms with E-state index in [9.17, 15) is 0 Å². The zero-order valence-electron chi connectivity index (χ0n) is 7.69. The van der Waals surface area contributed by atoms with E-state index in [4.69, 9.17) is 16.0 Å². The molecule has 0 bridgehead atoms. The number of nitrogens with zero attached hydrogens (tertiary/aromatic N) is 1. The minimum absolute atomic E-state index is 0.170. The van der Waals surface area contributed by atoms with E-state index in [1.807, 2.05) is 6.92 Å². The first kappa shape index (κ1) is 9.50. The van der Waals surface area contributed by atoms with Crippen LogP contribution in [-0.4, -0.2) is 25.0 Å². The van der Waals surface area contributed by atoms with Crippen molar-refractivity contribution in [3.05, 3.63) is 4.85 Å². The van der Waals surface area contributed by atoms with Gasteiger partial charge in [-0.15, -0.1) is 0 Å². The normalized spacial score (nSPS) is 32.4. The van der Waals surface area contributed by atoms with Crippen LogP contribution in [-0.2, 0) is 9.47 Å². The molecule has 3 heteroatoms. The van der Waals surface area contributed by atoms with Gasteiger partial charge in [0.05, 0.1) is 18.8 Å². The molecule has 0 aromatic heterocycles. The average Bonchev–Trinajstić information content (AvgIpc) is 2.09. The molecule has 0 radical (unpaired) electrons. The summed E-state index contributed by atoms with van der Waals surface area (Å²) in [5.41, 5.74) is 0. The molecule has 12 heavy (non-hydrogen) atoms. The lowest BCUT2D eigenvalue weighted by atomic mass is 10.1. The smallest absolute Gasteiger partial charge is 0.373 e. The van der Waals surface area contributed by atoms with E-state index in [0.29, 0.717) is 12.7 Å². The molecule has 3 atom stereocenters. The van der Waals surface area contributed by atoms with Crippen LogP contribution in [0.2, 0.25) is 0 Å². The molecule has 1 saturated heterocycles. The van der Waals surface area contributed by atoms with Crippen LogP contribution >= 0.6 is 0 Å². The molecular weight excluding hydrogens is 154 g/mol. The molecule has 0 saturated carbocycles. The second kappa shape index (κ2) is 4.44. The Morgan fingerprint density at radius 1 is 1.58 bits per heavy atom. The Balaban J connectivity index is 2.22. The van der Waals surface area contributed by atoms with Gasteiger partial charge in [-0.05, 0) is 19.8 Å². The SMILES string of the molecule is C#[N+]C(C)OC1CC[C@H](C)OC1. The Hall–Kier alpha value is -0.590. The quantitative estimate of drug-likeness (QED) is 0.631. The van der Waals surface area contributed by atoms with Gasteiger partial charge in [-0.3, -0.25) is 0 Å². The van der Waals surface area contributed by atoms with E-state index in [2.05, 4.69) is 11.8 Å². The van der Waals surface area contributed by atoms with Crippen LogP contribution in [0.3, 0.4) is 0 Å². The Bertz CT molecular complexity index is 168.